The molecule has 0 saturated heterocycles. The molecular weight excluding hydrogens is 188 g/mol. The van der Waals surface area contributed by atoms with Gasteiger partial charge in [0.1, 0.15) is 5.75 Å². The van der Waals surface area contributed by atoms with E-state index in [4.69, 9.17) is 4.74 Å². The van der Waals surface area contributed by atoms with Gasteiger partial charge in [-0.15, -0.1) is 6.58 Å². The maximum Gasteiger partial charge on any atom is 0.170 e. The zero-order chi connectivity index (χ0) is 10.8. The second-order valence-electron chi connectivity index (χ2n) is 3.78. The summed E-state index contributed by atoms with van der Waals surface area (Å²) in [4.78, 5) is 12.0. The Morgan fingerprint density at radius 2 is 2.40 bits per heavy atom. The average Bonchev–Trinajstić information content (AvgIpc) is 2.57. The quantitative estimate of drug-likeness (QED) is 0.704. The predicted octanol–water partition coefficient (Wildman–Crippen LogP) is 2.63. The Labute approximate surface area is 89.6 Å². The van der Waals surface area contributed by atoms with E-state index in [1.807, 2.05) is 18.2 Å². The first-order valence-electron chi connectivity index (χ1n) is 5.09. The lowest BCUT2D eigenvalue weighted by Crippen LogP contribution is -2.08. The molecule has 0 heterocycles. The van der Waals surface area contributed by atoms with Crippen molar-refractivity contribution in [2.45, 2.75) is 12.8 Å². The Morgan fingerprint density at radius 1 is 1.60 bits per heavy atom. The number of methoxy groups -OCH3 is 1. The fourth-order valence-electron chi connectivity index (χ4n) is 2.15. The minimum absolute atomic E-state index is 0.0637. The van der Waals surface area contributed by atoms with E-state index in [-0.39, 0.29) is 11.7 Å². The van der Waals surface area contributed by atoms with Crippen LogP contribution in [0.1, 0.15) is 22.3 Å². The fourth-order valence-corrected chi connectivity index (χ4v) is 2.15. The molecule has 1 aromatic rings. The van der Waals surface area contributed by atoms with E-state index in [0.717, 1.165) is 24.0 Å². The van der Waals surface area contributed by atoms with Crippen LogP contribution in [0.25, 0.3) is 0 Å². The summed E-state index contributed by atoms with van der Waals surface area (Å²) in [7, 11) is 1.60. The monoisotopic (exact) mass is 202 g/mol. The van der Waals surface area contributed by atoms with Crippen LogP contribution in [0, 0.1) is 5.92 Å². The first-order chi connectivity index (χ1) is 7.27. The number of carbonyl (C=O) groups excluding carboxylic acids is 1. The molecule has 1 atom stereocenters. The Kier molecular flexibility index (Phi) is 2.58. The summed E-state index contributed by atoms with van der Waals surface area (Å²) in [6.07, 6.45) is 3.37. The lowest BCUT2D eigenvalue weighted by Gasteiger charge is -2.05. The van der Waals surface area contributed by atoms with E-state index in [1.165, 1.54) is 0 Å². The SMILES string of the molecule is C=CCC1Cc2cccc(OC)c2C1=O. The smallest absolute Gasteiger partial charge is 0.170 e. The molecule has 2 heteroatoms. The van der Waals surface area contributed by atoms with Gasteiger partial charge < -0.3 is 4.74 Å². The number of Topliss-reactive ketones (excluding diaryl/α,β-unsaturated/α-hetero) is 1. The van der Waals surface area contributed by atoms with E-state index in [1.54, 1.807) is 13.2 Å². The molecule has 0 aromatic heterocycles. The molecular formula is C13H14O2. The van der Waals surface area contributed by atoms with Crippen molar-refractivity contribution in [1.29, 1.82) is 0 Å². The fraction of sp³-hybridized carbons (Fsp3) is 0.308. The van der Waals surface area contributed by atoms with Gasteiger partial charge in [0.2, 0.25) is 0 Å². The summed E-state index contributed by atoms with van der Waals surface area (Å²) in [6, 6.07) is 5.77. The van der Waals surface area contributed by atoms with Gasteiger partial charge in [-0.2, -0.15) is 0 Å². The van der Waals surface area contributed by atoms with Crippen LogP contribution >= 0.6 is 0 Å². The van der Waals surface area contributed by atoms with E-state index in [0.29, 0.717) is 5.75 Å². The van der Waals surface area contributed by atoms with Gasteiger partial charge in [-0.05, 0) is 24.5 Å². The number of fused-ring (bicyclic) bond motifs is 1. The van der Waals surface area contributed by atoms with Crippen LogP contribution in [0.2, 0.25) is 0 Å². The first kappa shape index (κ1) is 9.97. The van der Waals surface area contributed by atoms with Crippen molar-refractivity contribution < 1.29 is 9.53 Å². The van der Waals surface area contributed by atoms with Crippen molar-refractivity contribution in [3.63, 3.8) is 0 Å². The summed E-state index contributed by atoms with van der Waals surface area (Å²) in [5, 5.41) is 0. The second kappa shape index (κ2) is 3.89. The van der Waals surface area contributed by atoms with Crippen LogP contribution in [0.4, 0.5) is 0 Å². The normalized spacial score (nSPS) is 18.7. The third kappa shape index (κ3) is 1.56. The Morgan fingerprint density at radius 3 is 3.07 bits per heavy atom. The van der Waals surface area contributed by atoms with E-state index in [2.05, 4.69) is 6.58 Å². The summed E-state index contributed by atoms with van der Waals surface area (Å²) in [5.74, 6) is 0.959. The van der Waals surface area contributed by atoms with Crippen molar-refractivity contribution in [1.82, 2.24) is 0 Å². The van der Waals surface area contributed by atoms with E-state index < -0.39 is 0 Å². The maximum absolute atomic E-state index is 12.0. The molecule has 2 nitrogen and oxygen atoms in total. The molecule has 1 aliphatic carbocycles. The number of carbonyl (C=O) groups is 1. The van der Waals surface area contributed by atoms with Crippen LogP contribution < -0.4 is 4.74 Å². The van der Waals surface area contributed by atoms with Gasteiger partial charge in [-0.3, -0.25) is 4.79 Å². The average molecular weight is 202 g/mol. The molecule has 1 aliphatic rings. The molecule has 1 unspecified atom stereocenters. The maximum atomic E-state index is 12.0. The number of benzene rings is 1. The van der Waals surface area contributed by atoms with Gasteiger partial charge in [0.15, 0.2) is 5.78 Å². The third-order valence-corrected chi connectivity index (χ3v) is 2.87. The molecule has 0 amide bonds. The van der Waals surface area contributed by atoms with E-state index in [9.17, 15) is 4.79 Å². The molecule has 0 saturated carbocycles. The zero-order valence-corrected chi connectivity index (χ0v) is 8.82. The van der Waals surface area contributed by atoms with Gasteiger partial charge in [-0.25, -0.2) is 0 Å². The van der Waals surface area contributed by atoms with Crippen molar-refractivity contribution in [3.8, 4) is 5.75 Å². The van der Waals surface area contributed by atoms with Crippen molar-refractivity contribution in [3.05, 3.63) is 42.0 Å². The zero-order valence-electron chi connectivity index (χ0n) is 8.82. The highest BCUT2D eigenvalue weighted by Crippen LogP contribution is 2.34. The first-order valence-corrected chi connectivity index (χ1v) is 5.09. The van der Waals surface area contributed by atoms with Gasteiger partial charge >= 0.3 is 0 Å². The summed E-state index contributed by atoms with van der Waals surface area (Å²) in [5.41, 5.74) is 1.87. The molecule has 78 valence electrons. The number of rotatable bonds is 3. The molecule has 15 heavy (non-hydrogen) atoms. The van der Waals surface area contributed by atoms with Crippen LogP contribution in [0.15, 0.2) is 30.9 Å². The molecule has 0 aliphatic heterocycles. The lowest BCUT2D eigenvalue weighted by atomic mass is 10.0. The minimum atomic E-state index is 0.0637. The Bertz CT molecular complexity index is 407. The highest BCUT2D eigenvalue weighted by atomic mass is 16.5. The van der Waals surface area contributed by atoms with E-state index >= 15 is 0 Å². The largest absolute Gasteiger partial charge is 0.496 e. The third-order valence-electron chi connectivity index (χ3n) is 2.87. The molecule has 0 spiro atoms. The molecule has 2 rings (SSSR count). The molecule has 0 bridgehead atoms. The topological polar surface area (TPSA) is 26.3 Å². The Balaban J connectivity index is 2.41. The number of ether oxygens (including phenoxy) is 1. The summed E-state index contributed by atoms with van der Waals surface area (Å²) >= 11 is 0. The molecule has 1 aromatic carbocycles. The standard InChI is InChI=1S/C13H14O2/c1-3-5-10-8-9-6-4-7-11(15-2)12(9)13(10)14/h3-4,6-7,10H,1,5,8H2,2H3. The highest BCUT2D eigenvalue weighted by molar-refractivity contribution is 6.04. The van der Waals surface area contributed by atoms with Gasteiger partial charge in [0.25, 0.3) is 0 Å². The predicted molar refractivity (Wildman–Crippen MR) is 59.3 cm³/mol. The van der Waals surface area contributed by atoms with Crippen LogP contribution in [0.3, 0.4) is 0 Å². The van der Waals surface area contributed by atoms with Crippen molar-refractivity contribution in [2.75, 3.05) is 7.11 Å². The number of hydrogen-bond acceptors (Lipinski definition) is 2. The van der Waals surface area contributed by atoms with Crippen molar-refractivity contribution >= 4 is 5.78 Å². The minimum Gasteiger partial charge on any atom is -0.496 e. The Hall–Kier alpha value is -1.57. The molecule has 0 fully saturated rings. The van der Waals surface area contributed by atoms with Crippen LogP contribution in [-0.4, -0.2) is 12.9 Å². The number of hydrogen-bond donors (Lipinski definition) is 0. The summed E-state index contributed by atoms with van der Waals surface area (Å²) in [6.45, 7) is 3.68. The van der Waals surface area contributed by atoms with Gasteiger partial charge in [-0.1, -0.05) is 18.2 Å². The van der Waals surface area contributed by atoms with Gasteiger partial charge in [0.05, 0.1) is 12.7 Å². The second-order valence-corrected chi connectivity index (χ2v) is 3.78. The molecule has 0 radical (unpaired) electrons. The summed E-state index contributed by atoms with van der Waals surface area (Å²) < 4.78 is 5.21. The van der Waals surface area contributed by atoms with Crippen LogP contribution in [-0.2, 0) is 6.42 Å². The number of ketones is 1. The molecule has 0 N–H and O–H groups in total. The van der Waals surface area contributed by atoms with Crippen molar-refractivity contribution in [2.24, 2.45) is 5.92 Å². The highest BCUT2D eigenvalue weighted by Gasteiger charge is 2.31. The van der Waals surface area contributed by atoms with Crippen LogP contribution in [0.5, 0.6) is 5.75 Å². The lowest BCUT2D eigenvalue weighted by molar-refractivity contribution is 0.0935. The number of allylic oxidation sites excluding steroid dienone is 1. The van der Waals surface area contributed by atoms with Gasteiger partial charge in [0, 0.05) is 5.92 Å².